The Bertz CT molecular complexity index is 439. The first kappa shape index (κ1) is 12.7. The Labute approximate surface area is 103 Å². The summed E-state index contributed by atoms with van der Waals surface area (Å²) in [5, 5.41) is 0. The number of benzene rings is 1. The summed E-state index contributed by atoms with van der Waals surface area (Å²) < 4.78 is 14.1. The molecule has 0 atom stereocenters. The van der Waals surface area contributed by atoms with Crippen LogP contribution in [0.2, 0.25) is 0 Å². The molecule has 0 unspecified atom stereocenters. The minimum atomic E-state index is -0.538. The maximum atomic E-state index is 13.4. The number of carbonyl (C=O) groups excluding carboxylic acids is 1. The second-order valence-corrected chi connectivity index (χ2v) is 4.06. The lowest BCUT2D eigenvalue weighted by atomic mass is 10.2. The molecule has 1 aromatic carbocycles. The molecule has 0 aliphatic carbocycles. The van der Waals surface area contributed by atoms with Gasteiger partial charge in [0.15, 0.2) is 0 Å². The summed E-state index contributed by atoms with van der Waals surface area (Å²) in [5.41, 5.74) is 0.0338. The zero-order chi connectivity index (χ0) is 12.1. The van der Waals surface area contributed by atoms with Crippen LogP contribution in [-0.2, 0) is 0 Å². The molecule has 4 heteroatoms. The molecule has 0 aliphatic rings. The summed E-state index contributed by atoms with van der Waals surface area (Å²) in [6.45, 7) is 2.43. The van der Waals surface area contributed by atoms with Crippen LogP contribution in [0.4, 0.5) is 4.39 Å². The molecule has 0 aliphatic heterocycles. The number of hydrogen-bond donors (Lipinski definition) is 0. The molecule has 16 heavy (non-hydrogen) atoms. The third kappa shape index (κ3) is 2.83. The molecule has 0 bridgehead atoms. The number of hydrogen-bond acceptors (Lipinski definition) is 1. The van der Waals surface area contributed by atoms with Gasteiger partial charge in [0.05, 0.1) is 12.1 Å². The van der Waals surface area contributed by atoms with Crippen molar-refractivity contribution in [1.29, 1.82) is 0 Å². The second-order valence-electron chi connectivity index (χ2n) is 3.15. The summed E-state index contributed by atoms with van der Waals surface area (Å²) in [5.74, 6) is 1.45. The first-order valence-corrected chi connectivity index (χ1v) is 5.57. The molecular formula is C12H11BrFNO. The molecule has 0 N–H and O–H groups in total. The second kappa shape index (κ2) is 5.66. The van der Waals surface area contributed by atoms with Gasteiger partial charge < -0.3 is 4.90 Å². The van der Waals surface area contributed by atoms with Crippen LogP contribution in [0.1, 0.15) is 17.3 Å². The Morgan fingerprint density at radius 2 is 2.31 bits per heavy atom. The Morgan fingerprint density at radius 1 is 1.62 bits per heavy atom. The minimum Gasteiger partial charge on any atom is -0.328 e. The molecule has 0 fully saturated rings. The Balaban J connectivity index is 3.03. The standard InChI is InChI=1S/C12H11BrFNO/c1-3-7-15(4-2)12(16)10-8-9(13)5-6-11(10)14/h1,5-6,8H,4,7H2,2H3. The first-order valence-electron chi connectivity index (χ1n) is 4.78. The van der Waals surface area contributed by atoms with Gasteiger partial charge in [-0.15, -0.1) is 6.42 Å². The molecule has 84 valence electrons. The molecule has 0 spiro atoms. The molecule has 2 nitrogen and oxygen atoms in total. The topological polar surface area (TPSA) is 20.3 Å². The van der Waals surface area contributed by atoms with Crippen LogP contribution in [0.15, 0.2) is 22.7 Å². The van der Waals surface area contributed by atoms with Crippen LogP contribution in [0, 0.1) is 18.2 Å². The SMILES string of the molecule is C#CCN(CC)C(=O)c1cc(Br)ccc1F. The summed E-state index contributed by atoms with van der Waals surface area (Å²) in [6.07, 6.45) is 5.14. The van der Waals surface area contributed by atoms with Crippen molar-refractivity contribution in [3.05, 3.63) is 34.1 Å². The van der Waals surface area contributed by atoms with Gasteiger partial charge in [-0.05, 0) is 25.1 Å². The predicted octanol–water partition coefficient (Wildman–Crippen LogP) is 2.68. The largest absolute Gasteiger partial charge is 0.328 e. The van der Waals surface area contributed by atoms with Crippen molar-refractivity contribution in [1.82, 2.24) is 4.90 Å². The lowest BCUT2D eigenvalue weighted by Gasteiger charge is -2.18. The van der Waals surface area contributed by atoms with E-state index < -0.39 is 5.82 Å². The highest BCUT2D eigenvalue weighted by atomic mass is 79.9. The highest BCUT2D eigenvalue weighted by Crippen LogP contribution is 2.17. The summed E-state index contributed by atoms with van der Waals surface area (Å²) in [4.78, 5) is 13.3. The van der Waals surface area contributed by atoms with E-state index in [0.717, 1.165) is 0 Å². The molecule has 1 rings (SSSR count). The first-order chi connectivity index (χ1) is 7.60. The predicted molar refractivity (Wildman–Crippen MR) is 64.5 cm³/mol. The third-order valence-corrected chi connectivity index (χ3v) is 2.60. The molecule has 0 heterocycles. The van der Waals surface area contributed by atoms with Gasteiger partial charge in [-0.25, -0.2) is 4.39 Å². The third-order valence-electron chi connectivity index (χ3n) is 2.11. The molecule has 0 radical (unpaired) electrons. The number of terminal acetylenes is 1. The van der Waals surface area contributed by atoms with Crippen LogP contribution >= 0.6 is 15.9 Å². The maximum Gasteiger partial charge on any atom is 0.257 e. The number of carbonyl (C=O) groups is 1. The van der Waals surface area contributed by atoms with Gasteiger partial charge in [-0.2, -0.15) is 0 Å². The smallest absolute Gasteiger partial charge is 0.257 e. The molecule has 1 aromatic rings. The van der Waals surface area contributed by atoms with Gasteiger partial charge in [-0.3, -0.25) is 4.79 Å². The highest BCUT2D eigenvalue weighted by Gasteiger charge is 2.17. The van der Waals surface area contributed by atoms with Crippen LogP contribution in [-0.4, -0.2) is 23.9 Å². The van der Waals surface area contributed by atoms with Crippen molar-refractivity contribution in [3.8, 4) is 12.3 Å². The number of halogens is 2. The maximum absolute atomic E-state index is 13.4. The van der Waals surface area contributed by atoms with E-state index in [4.69, 9.17) is 6.42 Å². The van der Waals surface area contributed by atoms with Gasteiger partial charge in [0.1, 0.15) is 5.82 Å². The van der Waals surface area contributed by atoms with E-state index in [1.54, 1.807) is 13.0 Å². The van der Waals surface area contributed by atoms with Gasteiger partial charge >= 0.3 is 0 Å². The zero-order valence-electron chi connectivity index (χ0n) is 8.84. The fourth-order valence-corrected chi connectivity index (χ4v) is 1.63. The van der Waals surface area contributed by atoms with E-state index >= 15 is 0 Å². The van der Waals surface area contributed by atoms with Crippen molar-refractivity contribution in [2.24, 2.45) is 0 Å². The molecule has 0 aromatic heterocycles. The highest BCUT2D eigenvalue weighted by molar-refractivity contribution is 9.10. The Kier molecular flexibility index (Phi) is 4.51. The fourth-order valence-electron chi connectivity index (χ4n) is 1.27. The van der Waals surface area contributed by atoms with Crippen molar-refractivity contribution in [2.75, 3.05) is 13.1 Å². The number of rotatable bonds is 3. The Morgan fingerprint density at radius 3 is 2.88 bits per heavy atom. The fraction of sp³-hybridized carbons (Fsp3) is 0.250. The van der Waals surface area contributed by atoms with Crippen molar-refractivity contribution < 1.29 is 9.18 Å². The van der Waals surface area contributed by atoms with Crippen LogP contribution < -0.4 is 0 Å². The molecular weight excluding hydrogens is 273 g/mol. The monoisotopic (exact) mass is 283 g/mol. The lowest BCUT2D eigenvalue weighted by molar-refractivity contribution is 0.0780. The van der Waals surface area contributed by atoms with Crippen molar-refractivity contribution in [2.45, 2.75) is 6.92 Å². The Hall–Kier alpha value is -1.34. The molecule has 0 saturated carbocycles. The lowest BCUT2D eigenvalue weighted by Crippen LogP contribution is -2.31. The van der Waals surface area contributed by atoms with Gasteiger partial charge in [0.2, 0.25) is 0 Å². The van der Waals surface area contributed by atoms with E-state index in [1.165, 1.54) is 17.0 Å². The summed E-state index contributed by atoms with van der Waals surface area (Å²) >= 11 is 3.20. The average Bonchev–Trinajstić information content (AvgIpc) is 2.28. The van der Waals surface area contributed by atoms with Crippen molar-refractivity contribution >= 4 is 21.8 Å². The van der Waals surface area contributed by atoms with Crippen molar-refractivity contribution in [3.63, 3.8) is 0 Å². The van der Waals surface area contributed by atoms with E-state index in [-0.39, 0.29) is 18.0 Å². The van der Waals surface area contributed by atoms with E-state index in [1.807, 2.05) is 0 Å². The summed E-state index contributed by atoms with van der Waals surface area (Å²) in [7, 11) is 0. The molecule has 1 amide bonds. The van der Waals surface area contributed by atoms with E-state index in [2.05, 4.69) is 21.9 Å². The molecule has 0 saturated heterocycles. The van der Waals surface area contributed by atoms with E-state index in [9.17, 15) is 9.18 Å². The van der Waals surface area contributed by atoms with Crippen LogP contribution in [0.3, 0.4) is 0 Å². The van der Waals surface area contributed by atoms with Gasteiger partial charge in [0, 0.05) is 11.0 Å². The van der Waals surface area contributed by atoms with Crippen LogP contribution in [0.25, 0.3) is 0 Å². The normalized spacial score (nSPS) is 9.62. The van der Waals surface area contributed by atoms with Crippen LogP contribution in [0.5, 0.6) is 0 Å². The number of nitrogens with zero attached hydrogens (tertiary/aromatic N) is 1. The van der Waals surface area contributed by atoms with Gasteiger partial charge in [-0.1, -0.05) is 21.9 Å². The number of amides is 1. The van der Waals surface area contributed by atoms with E-state index in [0.29, 0.717) is 11.0 Å². The zero-order valence-corrected chi connectivity index (χ0v) is 10.4. The summed E-state index contributed by atoms with van der Waals surface area (Å²) in [6, 6.07) is 4.25. The van der Waals surface area contributed by atoms with Gasteiger partial charge in [0.25, 0.3) is 5.91 Å². The average molecular weight is 284 g/mol. The quantitative estimate of drug-likeness (QED) is 0.781. The minimum absolute atomic E-state index is 0.0338.